The van der Waals surface area contributed by atoms with Crippen LogP contribution in [0.25, 0.3) is 0 Å². The molecule has 2 heterocycles. The average molecular weight is 391 g/mol. The van der Waals surface area contributed by atoms with Crippen molar-refractivity contribution in [1.29, 1.82) is 0 Å². The molecule has 0 bridgehead atoms. The number of rotatable bonds is 2. The Labute approximate surface area is 174 Å². The van der Waals surface area contributed by atoms with Crippen LogP contribution >= 0.6 is 0 Å². The molecule has 0 N–H and O–H groups in total. The topological polar surface area (TPSA) is 18.5 Å². The molecule has 0 amide bonds. The summed E-state index contributed by atoms with van der Waals surface area (Å²) in [5.41, 5.74) is 0.165. The van der Waals surface area contributed by atoms with Crippen molar-refractivity contribution in [2.75, 3.05) is 0 Å². The minimum Gasteiger partial charge on any atom is -0.346 e. The van der Waals surface area contributed by atoms with E-state index in [4.69, 9.17) is 9.47 Å². The van der Waals surface area contributed by atoms with Gasteiger partial charge in [-0.3, -0.25) is 0 Å². The molecule has 162 valence electrons. The summed E-state index contributed by atoms with van der Waals surface area (Å²) in [6.07, 6.45) is 13.2. The van der Waals surface area contributed by atoms with Gasteiger partial charge in [-0.05, 0) is 86.9 Å². The van der Waals surface area contributed by atoms with Gasteiger partial charge in [-0.15, -0.1) is 0 Å². The number of hydrogen-bond donors (Lipinski definition) is 0. The molecule has 2 saturated carbocycles. The highest BCUT2D eigenvalue weighted by atomic mass is 16.7. The molecule has 0 radical (unpaired) electrons. The second-order valence-electron chi connectivity index (χ2n) is 12.0. The van der Waals surface area contributed by atoms with Crippen LogP contribution in [0.15, 0.2) is 0 Å². The van der Waals surface area contributed by atoms with E-state index in [0.717, 1.165) is 11.8 Å². The van der Waals surface area contributed by atoms with Crippen LogP contribution in [-0.4, -0.2) is 17.5 Å². The van der Waals surface area contributed by atoms with E-state index in [0.29, 0.717) is 29.6 Å². The van der Waals surface area contributed by atoms with Gasteiger partial charge in [0, 0.05) is 5.92 Å². The van der Waals surface area contributed by atoms with Crippen molar-refractivity contribution in [3.05, 3.63) is 0 Å². The van der Waals surface area contributed by atoms with Crippen LogP contribution in [0.4, 0.5) is 0 Å². The summed E-state index contributed by atoms with van der Waals surface area (Å²) < 4.78 is 14.3. The maximum absolute atomic E-state index is 7.13. The van der Waals surface area contributed by atoms with Crippen molar-refractivity contribution >= 4 is 0 Å². The van der Waals surface area contributed by atoms with Gasteiger partial charge in [0.1, 0.15) is 0 Å². The first-order valence-electron chi connectivity index (χ1n) is 12.6. The first kappa shape index (κ1) is 21.2. The van der Waals surface area contributed by atoms with Crippen LogP contribution in [0.1, 0.15) is 106 Å². The Hall–Kier alpha value is -0.0800. The summed E-state index contributed by atoms with van der Waals surface area (Å²) in [5.74, 6) is 5.05. The Morgan fingerprint density at radius 2 is 1.07 bits per heavy atom. The lowest BCUT2D eigenvalue weighted by atomic mass is 9.61. The largest absolute Gasteiger partial charge is 0.346 e. The lowest BCUT2D eigenvalue weighted by molar-refractivity contribution is -0.351. The zero-order chi connectivity index (χ0) is 20.1. The van der Waals surface area contributed by atoms with Crippen LogP contribution in [0.3, 0.4) is 0 Å². The van der Waals surface area contributed by atoms with Crippen molar-refractivity contribution in [2.24, 2.45) is 41.4 Å². The first-order valence-corrected chi connectivity index (χ1v) is 12.6. The molecule has 2 aliphatic carbocycles. The van der Waals surface area contributed by atoms with Gasteiger partial charge in [0.05, 0.1) is 11.2 Å². The summed E-state index contributed by atoms with van der Waals surface area (Å²) in [6, 6.07) is 0. The average Bonchev–Trinajstić information content (AvgIpc) is 2.60. The Morgan fingerprint density at radius 1 is 0.643 bits per heavy atom. The van der Waals surface area contributed by atoms with Gasteiger partial charge in [-0.25, -0.2) is 0 Å². The number of hydrogen-bond acceptors (Lipinski definition) is 2. The Balaban J connectivity index is 1.57. The SMILES string of the molecule is CC(C)[C@@H]1CC[C@@H](C)C[C@@]12CCC1CC[C@@]3(C[C@H](C)CC[C@H]3C(C)C)OC1O2. The summed E-state index contributed by atoms with van der Waals surface area (Å²) in [4.78, 5) is 0. The van der Waals surface area contributed by atoms with E-state index in [1.54, 1.807) is 0 Å². The van der Waals surface area contributed by atoms with Crippen LogP contribution in [0, 0.1) is 41.4 Å². The minimum atomic E-state index is 0.0561. The number of ether oxygens (including phenoxy) is 2. The molecule has 2 aliphatic heterocycles. The molecule has 4 rings (SSSR count). The van der Waals surface area contributed by atoms with Gasteiger partial charge in [0.25, 0.3) is 0 Å². The van der Waals surface area contributed by atoms with Crippen LogP contribution in [-0.2, 0) is 9.47 Å². The lowest BCUT2D eigenvalue weighted by Crippen LogP contribution is -2.60. The van der Waals surface area contributed by atoms with Crippen molar-refractivity contribution in [3.63, 3.8) is 0 Å². The van der Waals surface area contributed by atoms with Gasteiger partial charge in [0.15, 0.2) is 6.29 Å². The molecule has 0 aromatic rings. The molecule has 6 atom stereocenters. The predicted octanol–water partition coefficient (Wildman–Crippen LogP) is 7.21. The third kappa shape index (κ3) is 3.70. The molecule has 4 aliphatic rings. The van der Waals surface area contributed by atoms with Crippen LogP contribution in [0.2, 0.25) is 0 Å². The molecule has 2 nitrogen and oxygen atoms in total. The fourth-order valence-corrected chi connectivity index (χ4v) is 7.94. The van der Waals surface area contributed by atoms with Gasteiger partial charge < -0.3 is 9.47 Å². The maximum Gasteiger partial charge on any atom is 0.161 e. The standard InChI is InChI=1S/C26H46O2/c1-17(2)22-9-7-19(5)15-25(22)13-11-21-12-14-26(28-24(21)27-25)16-20(6)8-10-23(26)18(3)4/h17-24H,7-16H2,1-6H3/t19-,20-,21?,22+,23+,24?,25+,26+/m1/s1. The molecule has 0 unspecified atom stereocenters. The first-order chi connectivity index (χ1) is 13.2. The van der Waals surface area contributed by atoms with Gasteiger partial charge in [-0.1, -0.05) is 54.4 Å². The lowest BCUT2D eigenvalue weighted by Gasteiger charge is -2.59. The van der Waals surface area contributed by atoms with E-state index in [-0.39, 0.29) is 17.5 Å². The summed E-state index contributed by atoms with van der Waals surface area (Å²) in [6.45, 7) is 14.5. The van der Waals surface area contributed by atoms with Crippen molar-refractivity contribution < 1.29 is 9.47 Å². The molecular formula is C26H46O2. The van der Waals surface area contributed by atoms with E-state index >= 15 is 0 Å². The zero-order valence-electron chi connectivity index (χ0n) is 19.5. The van der Waals surface area contributed by atoms with Crippen molar-refractivity contribution in [2.45, 2.75) is 123 Å². The molecule has 2 spiro atoms. The van der Waals surface area contributed by atoms with E-state index in [1.807, 2.05) is 0 Å². The van der Waals surface area contributed by atoms with Gasteiger partial charge in [0.2, 0.25) is 0 Å². The van der Waals surface area contributed by atoms with E-state index in [1.165, 1.54) is 64.2 Å². The monoisotopic (exact) mass is 390 g/mol. The fraction of sp³-hybridized carbons (Fsp3) is 1.00. The highest BCUT2D eigenvalue weighted by Gasteiger charge is 2.56. The smallest absolute Gasteiger partial charge is 0.161 e. The highest BCUT2D eigenvalue weighted by molar-refractivity contribution is 5.03. The molecule has 2 heteroatoms. The molecule has 0 aromatic heterocycles. The van der Waals surface area contributed by atoms with E-state index in [9.17, 15) is 0 Å². The second kappa shape index (κ2) is 7.88. The van der Waals surface area contributed by atoms with Gasteiger partial charge in [-0.2, -0.15) is 0 Å². The van der Waals surface area contributed by atoms with Gasteiger partial charge >= 0.3 is 0 Å². The summed E-state index contributed by atoms with van der Waals surface area (Å²) >= 11 is 0. The van der Waals surface area contributed by atoms with Crippen molar-refractivity contribution in [3.8, 4) is 0 Å². The fourth-order valence-electron chi connectivity index (χ4n) is 7.94. The Morgan fingerprint density at radius 3 is 1.46 bits per heavy atom. The highest BCUT2D eigenvalue weighted by Crippen LogP contribution is 2.56. The quantitative estimate of drug-likeness (QED) is 0.496. The van der Waals surface area contributed by atoms with Crippen LogP contribution < -0.4 is 0 Å². The molecular weight excluding hydrogens is 344 g/mol. The third-order valence-electron chi connectivity index (χ3n) is 9.25. The minimum absolute atomic E-state index is 0.0561. The molecule has 2 saturated heterocycles. The third-order valence-corrected chi connectivity index (χ3v) is 9.25. The number of fused-ring (bicyclic) bond motifs is 1. The normalized spacial score (nSPS) is 49.7. The Kier molecular flexibility index (Phi) is 5.95. The maximum atomic E-state index is 7.13. The van der Waals surface area contributed by atoms with Crippen molar-refractivity contribution in [1.82, 2.24) is 0 Å². The summed E-state index contributed by atoms with van der Waals surface area (Å²) in [7, 11) is 0. The second-order valence-corrected chi connectivity index (χ2v) is 12.0. The molecule has 4 fully saturated rings. The van der Waals surface area contributed by atoms with Crippen LogP contribution in [0.5, 0.6) is 0 Å². The molecule has 28 heavy (non-hydrogen) atoms. The summed E-state index contributed by atoms with van der Waals surface area (Å²) in [5, 5.41) is 0. The predicted molar refractivity (Wildman–Crippen MR) is 116 cm³/mol. The molecule has 0 aromatic carbocycles. The zero-order valence-corrected chi connectivity index (χ0v) is 19.5. The van der Waals surface area contributed by atoms with E-state index in [2.05, 4.69) is 41.5 Å². The van der Waals surface area contributed by atoms with E-state index < -0.39 is 0 Å². The Bertz CT molecular complexity index is 497.